The second-order valence-electron chi connectivity index (χ2n) is 9.29. The van der Waals surface area contributed by atoms with Gasteiger partial charge in [-0.05, 0) is 45.2 Å². The first kappa shape index (κ1) is 23.7. The van der Waals surface area contributed by atoms with Gasteiger partial charge >= 0.3 is 20.2 Å². The van der Waals surface area contributed by atoms with E-state index in [1.54, 1.807) is 24.3 Å². The van der Waals surface area contributed by atoms with Crippen molar-refractivity contribution in [3.63, 3.8) is 0 Å². The Kier molecular flexibility index (Phi) is 4.91. The maximum absolute atomic E-state index is 11.7. The number of nitrogens with one attached hydrogen (secondary N) is 2. The van der Waals surface area contributed by atoms with Crippen LogP contribution in [0, 0.1) is 0 Å². The molecule has 0 aliphatic heterocycles. The van der Waals surface area contributed by atoms with Gasteiger partial charge in [-0.25, -0.2) is 9.97 Å². The lowest BCUT2D eigenvalue weighted by atomic mass is 9.79. The summed E-state index contributed by atoms with van der Waals surface area (Å²) >= 11 is 0. The third-order valence-electron chi connectivity index (χ3n) is 7.04. The summed E-state index contributed by atoms with van der Waals surface area (Å²) < 4.78 is 65.9. The van der Waals surface area contributed by atoms with Crippen LogP contribution in [0.2, 0.25) is 0 Å². The third kappa shape index (κ3) is 3.68. The number of nitrogens with zero attached hydrogens (tertiary/aromatic N) is 2. The average Bonchev–Trinajstić information content (AvgIpc) is 3.54. The van der Waals surface area contributed by atoms with Crippen LogP contribution in [0.15, 0.2) is 83.1 Å². The van der Waals surface area contributed by atoms with Crippen LogP contribution in [-0.2, 0) is 20.2 Å². The van der Waals surface area contributed by atoms with Gasteiger partial charge in [0.2, 0.25) is 0 Å². The Morgan fingerprint density at radius 1 is 0.667 bits per heavy atom. The van der Waals surface area contributed by atoms with E-state index < -0.39 is 30.5 Å². The summed E-state index contributed by atoms with van der Waals surface area (Å²) in [5, 5.41) is 0.933. The van der Waals surface area contributed by atoms with E-state index in [0.29, 0.717) is 27.6 Å². The Morgan fingerprint density at radius 2 is 1.28 bits per heavy atom. The molecule has 7 rings (SSSR count). The lowest BCUT2D eigenvalue weighted by Gasteiger charge is -2.24. The Balaban J connectivity index is 1.46. The summed E-state index contributed by atoms with van der Waals surface area (Å²) in [6.45, 7) is 0. The van der Waals surface area contributed by atoms with E-state index in [4.69, 9.17) is 0 Å². The highest BCUT2D eigenvalue weighted by atomic mass is 32.2. The van der Waals surface area contributed by atoms with Gasteiger partial charge in [0.05, 0.1) is 22.1 Å². The van der Waals surface area contributed by atoms with Crippen LogP contribution in [0.3, 0.4) is 0 Å². The highest BCUT2D eigenvalue weighted by molar-refractivity contribution is 7.85. The monoisotopic (exact) mass is 558 g/mol. The molecule has 0 saturated heterocycles. The van der Waals surface area contributed by atoms with Crippen LogP contribution in [0.4, 0.5) is 0 Å². The third-order valence-corrected chi connectivity index (χ3v) is 8.40. The summed E-state index contributed by atoms with van der Waals surface area (Å²) in [7, 11) is -9.02. The van der Waals surface area contributed by atoms with Crippen molar-refractivity contribution in [2.45, 2.75) is 16.2 Å². The molecule has 1 atom stereocenters. The number of imidazole rings is 2. The van der Waals surface area contributed by atoms with Crippen molar-refractivity contribution in [3.8, 4) is 11.1 Å². The van der Waals surface area contributed by atoms with Gasteiger partial charge in [0.1, 0.15) is 0 Å². The standard InChI is InChI=1S/C27H18N4O6S2/c32-38(33,34)26-28-21-8-2-6-19(24(21)30-26)15-11-10-14-4-1-5-17-16(12-13-18(15)23(14)17)20-7-3-9-22-25(20)31-27(29-22)39(35,36)37/h1-13,16H,(H,28,30)(H,29,31)(H,32,33,34)(H,35,36,37). The largest absolute Gasteiger partial charge is 0.328 e. The number of hydrogen-bond donors (Lipinski definition) is 4. The van der Waals surface area contributed by atoms with Crippen molar-refractivity contribution in [1.29, 1.82) is 0 Å². The zero-order valence-corrected chi connectivity index (χ0v) is 21.5. The molecule has 4 N–H and O–H groups in total. The molecular formula is C27H18N4O6S2. The molecular weight excluding hydrogens is 540 g/mol. The molecule has 39 heavy (non-hydrogen) atoms. The van der Waals surface area contributed by atoms with Gasteiger partial charge in [0, 0.05) is 11.5 Å². The first-order valence-electron chi connectivity index (χ1n) is 11.8. The van der Waals surface area contributed by atoms with E-state index in [1.165, 1.54) is 0 Å². The highest BCUT2D eigenvalue weighted by Crippen LogP contribution is 2.44. The molecule has 2 aromatic heterocycles. The number of para-hydroxylation sites is 2. The average molecular weight is 559 g/mol. The van der Waals surface area contributed by atoms with Gasteiger partial charge in [0.25, 0.3) is 10.3 Å². The summed E-state index contributed by atoms with van der Waals surface area (Å²) in [6, 6.07) is 20.6. The summed E-state index contributed by atoms with van der Waals surface area (Å²) in [4.78, 5) is 13.7. The Labute approximate surface area is 221 Å². The van der Waals surface area contributed by atoms with E-state index in [2.05, 4.69) is 19.9 Å². The minimum absolute atomic E-state index is 0.259. The number of rotatable bonds is 4. The number of H-pyrrole nitrogens is 2. The normalized spacial score (nSPS) is 15.5. The predicted octanol–water partition coefficient (Wildman–Crippen LogP) is 4.91. The van der Waals surface area contributed by atoms with Crippen LogP contribution in [0.1, 0.15) is 22.6 Å². The molecule has 0 amide bonds. The summed E-state index contributed by atoms with van der Waals surface area (Å²) in [5.41, 5.74) is 5.99. The number of fused-ring (bicyclic) bond motifs is 2. The smallest absolute Gasteiger partial charge is 0.327 e. The van der Waals surface area contributed by atoms with E-state index in [0.717, 1.165) is 33.0 Å². The second-order valence-corrected chi connectivity index (χ2v) is 12.0. The Hall–Kier alpha value is -4.36. The molecule has 4 aromatic carbocycles. The fourth-order valence-corrected chi connectivity index (χ4v) is 6.32. The number of aromatic amines is 2. The molecule has 194 valence electrons. The van der Waals surface area contributed by atoms with Crippen LogP contribution < -0.4 is 0 Å². The van der Waals surface area contributed by atoms with Crippen molar-refractivity contribution in [3.05, 3.63) is 89.5 Å². The van der Waals surface area contributed by atoms with Gasteiger partial charge in [0.15, 0.2) is 0 Å². The maximum atomic E-state index is 11.7. The van der Waals surface area contributed by atoms with Gasteiger partial charge in [-0.1, -0.05) is 66.7 Å². The summed E-state index contributed by atoms with van der Waals surface area (Å²) in [6.07, 6.45) is 3.99. The first-order chi connectivity index (χ1) is 18.6. The Bertz CT molecular complexity index is 2250. The van der Waals surface area contributed by atoms with Crippen molar-refractivity contribution >= 4 is 59.2 Å². The molecule has 1 aliphatic rings. The zero-order valence-electron chi connectivity index (χ0n) is 19.8. The topological polar surface area (TPSA) is 166 Å². The van der Waals surface area contributed by atoms with E-state index in [9.17, 15) is 25.9 Å². The number of benzene rings is 4. The molecule has 6 aromatic rings. The number of allylic oxidation sites excluding steroid dienone is 1. The van der Waals surface area contributed by atoms with Gasteiger partial charge in [-0.3, -0.25) is 9.11 Å². The molecule has 0 fully saturated rings. The SMILES string of the molecule is O=S(=O)(O)c1nc2c(-c3ccc4cccc5c4c3C=CC5c3cccc4[nH]c(S(=O)(=O)O)nc34)cccc2[nH]1. The van der Waals surface area contributed by atoms with Crippen LogP contribution in [0.25, 0.3) is 50.0 Å². The summed E-state index contributed by atoms with van der Waals surface area (Å²) in [5.74, 6) is -0.259. The van der Waals surface area contributed by atoms with Crippen LogP contribution >= 0.6 is 0 Å². The second kappa shape index (κ2) is 8.07. The molecule has 2 heterocycles. The lowest BCUT2D eigenvalue weighted by Crippen LogP contribution is -2.05. The molecule has 0 radical (unpaired) electrons. The quantitative estimate of drug-likeness (QED) is 0.221. The predicted molar refractivity (Wildman–Crippen MR) is 146 cm³/mol. The van der Waals surface area contributed by atoms with Crippen molar-refractivity contribution in [1.82, 2.24) is 19.9 Å². The van der Waals surface area contributed by atoms with E-state index >= 15 is 0 Å². The van der Waals surface area contributed by atoms with Crippen LogP contribution in [-0.4, -0.2) is 45.9 Å². The van der Waals surface area contributed by atoms with Crippen molar-refractivity contribution < 1.29 is 25.9 Å². The highest BCUT2D eigenvalue weighted by Gasteiger charge is 2.26. The van der Waals surface area contributed by atoms with Gasteiger partial charge in [-0.15, -0.1) is 0 Å². The zero-order chi connectivity index (χ0) is 27.1. The fraction of sp³-hybridized carbons (Fsp3) is 0.0370. The molecule has 1 aliphatic carbocycles. The van der Waals surface area contributed by atoms with E-state index in [-0.39, 0.29) is 5.92 Å². The minimum atomic E-state index is -4.52. The molecule has 1 unspecified atom stereocenters. The first-order valence-corrected chi connectivity index (χ1v) is 14.6. The van der Waals surface area contributed by atoms with Gasteiger partial charge in [-0.2, -0.15) is 16.8 Å². The molecule has 0 bridgehead atoms. The lowest BCUT2D eigenvalue weighted by molar-refractivity contribution is 0.474. The van der Waals surface area contributed by atoms with Crippen molar-refractivity contribution in [2.75, 3.05) is 0 Å². The molecule has 10 nitrogen and oxygen atoms in total. The fourth-order valence-electron chi connectivity index (χ4n) is 5.42. The number of aromatic nitrogens is 4. The van der Waals surface area contributed by atoms with Crippen molar-refractivity contribution in [2.24, 2.45) is 0 Å². The van der Waals surface area contributed by atoms with Gasteiger partial charge < -0.3 is 9.97 Å². The Morgan fingerprint density at radius 3 is 2.00 bits per heavy atom. The molecule has 12 heteroatoms. The van der Waals surface area contributed by atoms with E-state index in [1.807, 2.05) is 54.6 Å². The van der Waals surface area contributed by atoms with Crippen LogP contribution in [0.5, 0.6) is 0 Å². The molecule has 0 spiro atoms. The minimum Gasteiger partial charge on any atom is -0.327 e. The maximum Gasteiger partial charge on any atom is 0.328 e. The number of hydrogen-bond acceptors (Lipinski definition) is 6. The molecule has 0 saturated carbocycles.